The Hall–Kier alpha value is -1.92. The molecule has 0 spiro atoms. The third-order valence-corrected chi connectivity index (χ3v) is 3.84. The van der Waals surface area contributed by atoms with Crippen molar-refractivity contribution in [1.82, 2.24) is 0 Å². The standard InChI is InChI=1S/C14H11ClFNO3S/c15-11-7-5-10(6-8-11)9-14(18)17-12-3-1-2-4-13(12)21(16,19)20/h1-8H,9H2,(H,17,18). The second-order valence-electron chi connectivity index (χ2n) is 4.29. The summed E-state index contributed by atoms with van der Waals surface area (Å²) in [6.07, 6.45) is 0.0256. The van der Waals surface area contributed by atoms with E-state index in [-0.39, 0.29) is 12.1 Å². The molecule has 7 heteroatoms. The first kappa shape index (κ1) is 15.5. The minimum absolute atomic E-state index is 0.0256. The zero-order valence-electron chi connectivity index (χ0n) is 10.7. The first-order chi connectivity index (χ1) is 9.86. The highest BCUT2D eigenvalue weighted by molar-refractivity contribution is 7.86. The molecule has 0 aliphatic carbocycles. The van der Waals surface area contributed by atoms with Crippen LogP contribution in [0.25, 0.3) is 0 Å². The van der Waals surface area contributed by atoms with Crippen LogP contribution in [-0.2, 0) is 21.4 Å². The number of carbonyl (C=O) groups excluding carboxylic acids is 1. The van der Waals surface area contributed by atoms with Crippen molar-refractivity contribution < 1.29 is 17.1 Å². The lowest BCUT2D eigenvalue weighted by Gasteiger charge is -2.08. The summed E-state index contributed by atoms with van der Waals surface area (Å²) in [6, 6.07) is 11.9. The molecule has 0 aliphatic heterocycles. The van der Waals surface area contributed by atoms with Gasteiger partial charge in [0.25, 0.3) is 0 Å². The molecule has 0 unspecified atom stereocenters. The van der Waals surface area contributed by atoms with E-state index >= 15 is 0 Å². The third-order valence-electron chi connectivity index (χ3n) is 2.70. The van der Waals surface area contributed by atoms with Gasteiger partial charge in [-0.05, 0) is 29.8 Å². The average Bonchev–Trinajstić information content (AvgIpc) is 2.41. The van der Waals surface area contributed by atoms with E-state index in [9.17, 15) is 17.1 Å². The second kappa shape index (κ2) is 6.24. The maximum absolute atomic E-state index is 13.1. The number of rotatable bonds is 4. The Morgan fingerprint density at radius 2 is 1.71 bits per heavy atom. The van der Waals surface area contributed by atoms with Crippen molar-refractivity contribution in [2.45, 2.75) is 11.3 Å². The molecule has 2 aromatic rings. The second-order valence-corrected chi connectivity index (χ2v) is 6.04. The monoisotopic (exact) mass is 327 g/mol. The van der Waals surface area contributed by atoms with Crippen LogP contribution < -0.4 is 5.32 Å². The van der Waals surface area contributed by atoms with E-state index in [1.165, 1.54) is 18.2 Å². The summed E-state index contributed by atoms with van der Waals surface area (Å²) >= 11 is 5.74. The number of benzene rings is 2. The van der Waals surface area contributed by atoms with E-state index in [0.29, 0.717) is 10.6 Å². The molecular formula is C14H11ClFNO3S. The Labute approximate surface area is 126 Å². The van der Waals surface area contributed by atoms with Crippen LogP contribution in [0.3, 0.4) is 0 Å². The van der Waals surface area contributed by atoms with Crippen molar-refractivity contribution >= 4 is 33.4 Å². The van der Waals surface area contributed by atoms with E-state index in [0.717, 1.165) is 6.07 Å². The van der Waals surface area contributed by atoms with Crippen LogP contribution in [0.2, 0.25) is 5.02 Å². The summed E-state index contributed by atoms with van der Waals surface area (Å²) in [5.74, 6) is -0.451. The molecule has 1 amide bonds. The van der Waals surface area contributed by atoms with E-state index in [1.54, 1.807) is 24.3 Å². The fraction of sp³-hybridized carbons (Fsp3) is 0.0714. The number of amides is 1. The van der Waals surface area contributed by atoms with Gasteiger partial charge in [-0.1, -0.05) is 35.9 Å². The SMILES string of the molecule is O=C(Cc1ccc(Cl)cc1)Nc1ccccc1S(=O)(=O)F. The van der Waals surface area contributed by atoms with Crippen molar-refractivity contribution in [1.29, 1.82) is 0 Å². The summed E-state index contributed by atoms with van der Waals surface area (Å²) in [7, 11) is -4.89. The molecule has 110 valence electrons. The summed E-state index contributed by atoms with van der Waals surface area (Å²) < 4.78 is 35.1. The van der Waals surface area contributed by atoms with Crippen LogP contribution in [-0.4, -0.2) is 14.3 Å². The van der Waals surface area contributed by atoms with Crippen LogP contribution in [0, 0.1) is 0 Å². The van der Waals surface area contributed by atoms with E-state index in [4.69, 9.17) is 11.6 Å². The smallest absolute Gasteiger partial charge is 0.325 e. The highest BCUT2D eigenvalue weighted by atomic mass is 35.5. The molecule has 0 bridgehead atoms. The predicted molar refractivity (Wildman–Crippen MR) is 78.5 cm³/mol. The Morgan fingerprint density at radius 3 is 2.33 bits per heavy atom. The van der Waals surface area contributed by atoms with Gasteiger partial charge >= 0.3 is 10.2 Å². The van der Waals surface area contributed by atoms with Crippen LogP contribution in [0.1, 0.15) is 5.56 Å². The van der Waals surface area contributed by atoms with Gasteiger partial charge in [-0.2, -0.15) is 8.42 Å². The lowest BCUT2D eigenvalue weighted by atomic mass is 10.1. The lowest BCUT2D eigenvalue weighted by molar-refractivity contribution is -0.115. The molecule has 2 rings (SSSR count). The van der Waals surface area contributed by atoms with Crippen molar-refractivity contribution in [3.05, 3.63) is 59.1 Å². The van der Waals surface area contributed by atoms with Gasteiger partial charge in [0.05, 0.1) is 12.1 Å². The van der Waals surface area contributed by atoms with Crippen LogP contribution in [0.15, 0.2) is 53.4 Å². The minimum Gasteiger partial charge on any atom is -0.325 e. The van der Waals surface area contributed by atoms with Crippen LogP contribution in [0.5, 0.6) is 0 Å². The Morgan fingerprint density at radius 1 is 1.10 bits per heavy atom. The normalized spacial score (nSPS) is 11.1. The Bertz CT molecular complexity index is 760. The molecule has 0 saturated carbocycles. The number of para-hydroxylation sites is 1. The van der Waals surface area contributed by atoms with Gasteiger partial charge in [0.2, 0.25) is 5.91 Å². The molecule has 4 nitrogen and oxygen atoms in total. The summed E-state index contributed by atoms with van der Waals surface area (Å²) in [5, 5.41) is 2.94. The van der Waals surface area contributed by atoms with Gasteiger partial charge in [0.1, 0.15) is 4.90 Å². The van der Waals surface area contributed by atoms with Gasteiger partial charge in [0, 0.05) is 5.02 Å². The fourth-order valence-electron chi connectivity index (χ4n) is 1.76. The molecule has 0 saturated heterocycles. The Kier molecular flexibility index (Phi) is 4.59. The van der Waals surface area contributed by atoms with Gasteiger partial charge in [-0.25, -0.2) is 0 Å². The zero-order valence-corrected chi connectivity index (χ0v) is 12.3. The van der Waals surface area contributed by atoms with Gasteiger partial charge in [-0.15, -0.1) is 3.89 Å². The summed E-state index contributed by atoms with van der Waals surface area (Å²) in [6.45, 7) is 0. The largest absolute Gasteiger partial charge is 0.334 e. The van der Waals surface area contributed by atoms with E-state index in [1.807, 2.05) is 0 Å². The van der Waals surface area contributed by atoms with Crippen molar-refractivity contribution in [3.8, 4) is 0 Å². The van der Waals surface area contributed by atoms with Gasteiger partial charge in [0.15, 0.2) is 0 Å². The molecule has 0 radical (unpaired) electrons. The van der Waals surface area contributed by atoms with E-state index in [2.05, 4.69) is 5.32 Å². The fourth-order valence-corrected chi connectivity index (χ4v) is 2.51. The number of anilines is 1. The highest BCUT2D eigenvalue weighted by Gasteiger charge is 2.18. The minimum atomic E-state index is -4.89. The average molecular weight is 328 g/mol. The zero-order chi connectivity index (χ0) is 15.5. The lowest BCUT2D eigenvalue weighted by Crippen LogP contribution is -2.16. The first-order valence-electron chi connectivity index (χ1n) is 5.94. The molecule has 0 heterocycles. The Balaban J connectivity index is 2.15. The third kappa shape index (κ3) is 4.27. The summed E-state index contributed by atoms with van der Waals surface area (Å²) in [5.41, 5.74) is 0.622. The van der Waals surface area contributed by atoms with Gasteiger partial charge < -0.3 is 5.32 Å². The molecule has 0 atom stereocenters. The predicted octanol–water partition coefficient (Wildman–Crippen LogP) is 3.18. The maximum atomic E-state index is 13.1. The molecule has 1 N–H and O–H groups in total. The summed E-state index contributed by atoms with van der Waals surface area (Å²) in [4.78, 5) is 11.3. The molecule has 2 aromatic carbocycles. The van der Waals surface area contributed by atoms with Crippen LogP contribution in [0.4, 0.5) is 9.57 Å². The molecule has 0 aliphatic rings. The van der Waals surface area contributed by atoms with Crippen LogP contribution >= 0.6 is 11.6 Å². The topological polar surface area (TPSA) is 63.2 Å². The molecule has 0 fully saturated rings. The molecule has 21 heavy (non-hydrogen) atoms. The number of carbonyl (C=O) groups is 1. The maximum Gasteiger partial charge on any atom is 0.334 e. The first-order valence-corrected chi connectivity index (χ1v) is 7.70. The van der Waals surface area contributed by atoms with Crippen molar-refractivity contribution in [2.75, 3.05) is 5.32 Å². The highest BCUT2D eigenvalue weighted by Crippen LogP contribution is 2.22. The van der Waals surface area contributed by atoms with Crippen molar-refractivity contribution in [3.63, 3.8) is 0 Å². The number of hydrogen-bond donors (Lipinski definition) is 1. The number of halogens is 2. The molecular weight excluding hydrogens is 317 g/mol. The number of nitrogens with one attached hydrogen (secondary N) is 1. The molecule has 0 aromatic heterocycles. The quantitative estimate of drug-likeness (QED) is 0.877. The number of hydrogen-bond acceptors (Lipinski definition) is 3. The van der Waals surface area contributed by atoms with Gasteiger partial charge in [-0.3, -0.25) is 4.79 Å². The van der Waals surface area contributed by atoms with E-state index < -0.39 is 21.0 Å². The van der Waals surface area contributed by atoms with Crippen molar-refractivity contribution in [2.24, 2.45) is 0 Å².